The predicted octanol–water partition coefficient (Wildman–Crippen LogP) is 2.41. The first-order valence-electron chi connectivity index (χ1n) is 7.47. The van der Waals surface area contributed by atoms with Gasteiger partial charge in [-0.05, 0) is 32.2 Å². The van der Waals surface area contributed by atoms with E-state index in [-0.39, 0.29) is 0 Å². The Morgan fingerprint density at radius 2 is 2.21 bits per heavy atom. The van der Waals surface area contributed by atoms with Crippen molar-refractivity contribution in [2.75, 3.05) is 19.7 Å². The standard InChI is InChI=1S/C14H25N3O2/c1-3-6-13-15-14(19-16-13)11-17(8-4-2)10-12-7-5-9-18-12/h12H,3-11H2,1-2H3/t12-/m0/s1. The minimum absolute atomic E-state index is 0.379. The molecule has 5 heteroatoms. The van der Waals surface area contributed by atoms with E-state index in [0.717, 1.165) is 57.2 Å². The van der Waals surface area contributed by atoms with Gasteiger partial charge in [0.1, 0.15) is 0 Å². The molecule has 1 atom stereocenters. The van der Waals surface area contributed by atoms with Crippen LogP contribution in [0.3, 0.4) is 0 Å². The monoisotopic (exact) mass is 267 g/mol. The van der Waals surface area contributed by atoms with E-state index in [4.69, 9.17) is 9.26 Å². The summed E-state index contributed by atoms with van der Waals surface area (Å²) in [5.74, 6) is 1.56. The highest BCUT2D eigenvalue weighted by molar-refractivity contribution is 4.87. The number of aryl methyl sites for hydroxylation is 1. The van der Waals surface area contributed by atoms with Gasteiger partial charge in [-0.25, -0.2) is 0 Å². The van der Waals surface area contributed by atoms with Crippen LogP contribution in [0.4, 0.5) is 0 Å². The fraction of sp³-hybridized carbons (Fsp3) is 0.857. The van der Waals surface area contributed by atoms with Gasteiger partial charge in [0.05, 0.1) is 12.6 Å². The lowest BCUT2D eigenvalue weighted by Crippen LogP contribution is -2.32. The van der Waals surface area contributed by atoms with Gasteiger partial charge in [-0.1, -0.05) is 19.0 Å². The van der Waals surface area contributed by atoms with Gasteiger partial charge >= 0.3 is 0 Å². The Kier molecular flexibility index (Phi) is 5.79. The smallest absolute Gasteiger partial charge is 0.240 e. The van der Waals surface area contributed by atoms with E-state index in [1.807, 2.05) is 0 Å². The van der Waals surface area contributed by atoms with Crippen LogP contribution in [0.1, 0.15) is 51.2 Å². The van der Waals surface area contributed by atoms with Crippen LogP contribution in [0.2, 0.25) is 0 Å². The molecule has 2 rings (SSSR count). The molecular weight excluding hydrogens is 242 g/mol. The molecule has 0 aliphatic carbocycles. The Labute approximate surface area is 115 Å². The summed E-state index contributed by atoms with van der Waals surface area (Å²) in [6, 6.07) is 0. The third kappa shape index (κ3) is 4.58. The van der Waals surface area contributed by atoms with Crippen LogP contribution >= 0.6 is 0 Å². The van der Waals surface area contributed by atoms with Crippen LogP contribution in [0, 0.1) is 0 Å². The van der Waals surface area contributed by atoms with Gasteiger partial charge in [-0.15, -0.1) is 0 Å². The molecule has 0 saturated carbocycles. The molecule has 1 aromatic rings. The third-order valence-corrected chi connectivity index (χ3v) is 3.37. The maximum absolute atomic E-state index is 5.70. The topological polar surface area (TPSA) is 51.4 Å². The summed E-state index contributed by atoms with van der Waals surface area (Å²) in [4.78, 5) is 6.80. The average Bonchev–Trinajstić information content (AvgIpc) is 3.02. The normalized spacial score (nSPS) is 19.4. The van der Waals surface area contributed by atoms with E-state index in [9.17, 15) is 0 Å². The van der Waals surface area contributed by atoms with Crippen molar-refractivity contribution in [2.45, 2.75) is 58.6 Å². The fourth-order valence-corrected chi connectivity index (χ4v) is 2.50. The van der Waals surface area contributed by atoms with Crippen LogP contribution < -0.4 is 0 Å². The van der Waals surface area contributed by atoms with Crippen molar-refractivity contribution in [3.05, 3.63) is 11.7 Å². The SMILES string of the molecule is CCCc1noc(CN(CCC)C[C@@H]2CCCO2)n1. The Morgan fingerprint density at radius 3 is 2.89 bits per heavy atom. The van der Waals surface area contributed by atoms with Gasteiger partial charge in [-0.2, -0.15) is 4.98 Å². The molecule has 1 aromatic heterocycles. The third-order valence-electron chi connectivity index (χ3n) is 3.37. The van der Waals surface area contributed by atoms with Crippen LogP contribution in [0.5, 0.6) is 0 Å². The van der Waals surface area contributed by atoms with E-state index in [1.54, 1.807) is 0 Å². The lowest BCUT2D eigenvalue weighted by atomic mass is 10.2. The summed E-state index contributed by atoms with van der Waals surface area (Å²) in [7, 11) is 0. The zero-order valence-corrected chi connectivity index (χ0v) is 12.1. The fourth-order valence-electron chi connectivity index (χ4n) is 2.50. The molecule has 1 aliphatic rings. The first-order chi connectivity index (χ1) is 9.31. The van der Waals surface area contributed by atoms with Crippen LogP contribution in [-0.4, -0.2) is 40.8 Å². The molecular formula is C14H25N3O2. The Balaban J connectivity index is 1.86. The zero-order chi connectivity index (χ0) is 13.5. The molecule has 0 N–H and O–H groups in total. The summed E-state index contributed by atoms with van der Waals surface area (Å²) >= 11 is 0. The first-order valence-corrected chi connectivity index (χ1v) is 7.47. The molecule has 1 saturated heterocycles. The largest absolute Gasteiger partial charge is 0.377 e. The van der Waals surface area contributed by atoms with E-state index in [2.05, 4.69) is 28.9 Å². The van der Waals surface area contributed by atoms with Gasteiger partial charge in [0.2, 0.25) is 5.89 Å². The summed E-state index contributed by atoms with van der Waals surface area (Å²) in [5, 5.41) is 4.01. The molecule has 108 valence electrons. The van der Waals surface area contributed by atoms with E-state index < -0.39 is 0 Å². The van der Waals surface area contributed by atoms with E-state index >= 15 is 0 Å². The lowest BCUT2D eigenvalue weighted by molar-refractivity contribution is 0.0669. The van der Waals surface area contributed by atoms with Gasteiger partial charge in [0, 0.05) is 19.6 Å². The van der Waals surface area contributed by atoms with E-state index in [0.29, 0.717) is 6.10 Å². The number of aromatic nitrogens is 2. The second kappa shape index (κ2) is 7.60. The molecule has 0 bridgehead atoms. The zero-order valence-electron chi connectivity index (χ0n) is 12.1. The van der Waals surface area contributed by atoms with Crippen LogP contribution in [0.25, 0.3) is 0 Å². The van der Waals surface area contributed by atoms with Crippen molar-refractivity contribution in [2.24, 2.45) is 0 Å². The molecule has 19 heavy (non-hydrogen) atoms. The van der Waals surface area contributed by atoms with Gasteiger partial charge in [0.15, 0.2) is 5.82 Å². The van der Waals surface area contributed by atoms with E-state index in [1.165, 1.54) is 12.8 Å². The highest BCUT2D eigenvalue weighted by atomic mass is 16.5. The minimum atomic E-state index is 0.379. The summed E-state index contributed by atoms with van der Waals surface area (Å²) in [6.45, 7) is 7.98. The first kappa shape index (κ1) is 14.5. The molecule has 0 unspecified atom stereocenters. The number of ether oxygens (including phenoxy) is 1. The summed E-state index contributed by atoms with van der Waals surface area (Å²) < 4.78 is 11.0. The van der Waals surface area contributed by atoms with Crippen molar-refractivity contribution in [1.82, 2.24) is 15.0 Å². The Bertz CT molecular complexity index is 361. The second-order valence-electron chi connectivity index (χ2n) is 5.22. The quantitative estimate of drug-likeness (QED) is 0.724. The minimum Gasteiger partial charge on any atom is -0.377 e. The second-order valence-corrected chi connectivity index (χ2v) is 5.22. The highest BCUT2D eigenvalue weighted by Gasteiger charge is 2.20. The lowest BCUT2D eigenvalue weighted by Gasteiger charge is -2.22. The molecule has 0 spiro atoms. The van der Waals surface area contributed by atoms with Crippen molar-refractivity contribution < 1.29 is 9.26 Å². The molecule has 0 radical (unpaired) electrons. The number of rotatable bonds is 8. The van der Waals surface area contributed by atoms with Crippen LogP contribution in [0.15, 0.2) is 4.52 Å². The molecule has 1 fully saturated rings. The van der Waals surface area contributed by atoms with Gasteiger partial charge < -0.3 is 9.26 Å². The van der Waals surface area contributed by atoms with Gasteiger partial charge in [-0.3, -0.25) is 4.90 Å². The molecule has 5 nitrogen and oxygen atoms in total. The Hall–Kier alpha value is -0.940. The maximum Gasteiger partial charge on any atom is 0.240 e. The number of hydrogen-bond donors (Lipinski definition) is 0. The molecule has 1 aliphatic heterocycles. The number of nitrogens with zero attached hydrogens (tertiary/aromatic N) is 3. The predicted molar refractivity (Wildman–Crippen MR) is 72.8 cm³/mol. The summed E-state index contributed by atoms with van der Waals surface area (Å²) in [5.41, 5.74) is 0. The highest BCUT2D eigenvalue weighted by Crippen LogP contribution is 2.15. The van der Waals surface area contributed by atoms with Crippen molar-refractivity contribution in [1.29, 1.82) is 0 Å². The van der Waals surface area contributed by atoms with Crippen LogP contribution in [-0.2, 0) is 17.7 Å². The molecule has 0 aromatic carbocycles. The number of hydrogen-bond acceptors (Lipinski definition) is 5. The maximum atomic E-state index is 5.70. The van der Waals surface area contributed by atoms with Crippen molar-refractivity contribution in [3.63, 3.8) is 0 Å². The molecule has 0 amide bonds. The average molecular weight is 267 g/mol. The van der Waals surface area contributed by atoms with Crippen molar-refractivity contribution >= 4 is 0 Å². The van der Waals surface area contributed by atoms with Crippen molar-refractivity contribution in [3.8, 4) is 0 Å². The summed E-state index contributed by atoms with van der Waals surface area (Å²) in [6.07, 6.45) is 5.81. The van der Waals surface area contributed by atoms with Gasteiger partial charge in [0.25, 0.3) is 0 Å². The molecule has 2 heterocycles. The Morgan fingerprint density at radius 1 is 1.32 bits per heavy atom.